The molecule has 0 aromatic heterocycles. The van der Waals surface area contributed by atoms with Crippen LogP contribution in [0.1, 0.15) is 12.0 Å². The molecule has 0 saturated heterocycles. The molecule has 1 rings (SSSR count). The Kier molecular flexibility index (Phi) is 6.34. The van der Waals surface area contributed by atoms with E-state index < -0.39 is 0 Å². The summed E-state index contributed by atoms with van der Waals surface area (Å²) in [5, 5.41) is 9.20. The molecule has 0 aliphatic carbocycles. The monoisotopic (exact) mass is 279 g/mol. The number of nitrogens with zero attached hydrogens (tertiary/aromatic N) is 3. The first-order valence-corrected chi connectivity index (χ1v) is 6.45. The molecule has 0 aliphatic heterocycles. The third kappa shape index (κ3) is 5.29. The summed E-state index contributed by atoms with van der Waals surface area (Å²) in [5.74, 6) is 0.00445. The lowest BCUT2D eigenvalue weighted by Crippen LogP contribution is -2.36. The Balaban J connectivity index is 2.47. The standard InChI is InChI=1S/C14H18ClN3O/c1-17(10-12-6-3-4-7-13(12)15)11-14(19)18(2)9-5-8-16/h3-4,6-7H,5,9-11H2,1-2H3. The molecule has 0 bridgehead atoms. The molecule has 0 unspecified atom stereocenters. The number of likely N-dealkylation sites (N-methyl/N-ethyl adjacent to an activating group) is 2. The van der Waals surface area contributed by atoms with Crippen molar-refractivity contribution >= 4 is 17.5 Å². The Morgan fingerprint density at radius 2 is 2.05 bits per heavy atom. The van der Waals surface area contributed by atoms with E-state index in [9.17, 15) is 4.79 Å². The fourth-order valence-corrected chi connectivity index (χ4v) is 1.86. The maximum atomic E-state index is 11.9. The number of hydrogen-bond donors (Lipinski definition) is 0. The van der Waals surface area contributed by atoms with Gasteiger partial charge in [-0.05, 0) is 18.7 Å². The zero-order chi connectivity index (χ0) is 14.3. The van der Waals surface area contributed by atoms with Gasteiger partial charge in [0.25, 0.3) is 0 Å². The molecule has 5 heteroatoms. The van der Waals surface area contributed by atoms with Gasteiger partial charge in [0.05, 0.1) is 19.0 Å². The summed E-state index contributed by atoms with van der Waals surface area (Å²) in [6, 6.07) is 9.62. The zero-order valence-corrected chi connectivity index (χ0v) is 12.0. The molecule has 0 saturated carbocycles. The predicted octanol–water partition coefficient (Wildman–Crippen LogP) is 2.14. The molecule has 0 N–H and O–H groups in total. The summed E-state index contributed by atoms with van der Waals surface area (Å²) < 4.78 is 0. The maximum Gasteiger partial charge on any atom is 0.236 e. The third-order valence-corrected chi connectivity index (χ3v) is 3.16. The lowest BCUT2D eigenvalue weighted by Gasteiger charge is -2.21. The molecule has 0 radical (unpaired) electrons. The average molecular weight is 280 g/mol. The Morgan fingerprint density at radius 1 is 1.37 bits per heavy atom. The van der Waals surface area contributed by atoms with Gasteiger partial charge in [0, 0.05) is 25.2 Å². The molecule has 0 spiro atoms. The smallest absolute Gasteiger partial charge is 0.236 e. The quantitative estimate of drug-likeness (QED) is 0.802. The highest BCUT2D eigenvalue weighted by molar-refractivity contribution is 6.31. The second kappa shape index (κ2) is 7.78. The Labute approximate surface area is 119 Å². The minimum absolute atomic E-state index is 0.00445. The van der Waals surface area contributed by atoms with Crippen molar-refractivity contribution in [1.29, 1.82) is 5.26 Å². The SMILES string of the molecule is CN(CC(=O)N(C)CCC#N)Cc1ccccc1Cl. The summed E-state index contributed by atoms with van der Waals surface area (Å²) in [6.45, 7) is 1.40. The first kappa shape index (κ1) is 15.5. The second-order valence-electron chi connectivity index (χ2n) is 4.49. The summed E-state index contributed by atoms with van der Waals surface area (Å²) >= 11 is 6.08. The van der Waals surface area contributed by atoms with Crippen LogP contribution in [0.5, 0.6) is 0 Å². The van der Waals surface area contributed by atoms with Crippen LogP contribution in [0, 0.1) is 11.3 Å². The van der Waals surface area contributed by atoms with E-state index >= 15 is 0 Å². The van der Waals surface area contributed by atoms with Crippen LogP contribution in [0.25, 0.3) is 0 Å². The maximum absolute atomic E-state index is 11.9. The molecular weight excluding hydrogens is 262 g/mol. The molecule has 0 atom stereocenters. The van der Waals surface area contributed by atoms with E-state index in [4.69, 9.17) is 16.9 Å². The van der Waals surface area contributed by atoms with Gasteiger partial charge < -0.3 is 4.90 Å². The molecule has 102 valence electrons. The van der Waals surface area contributed by atoms with E-state index in [-0.39, 0.29) is 5.91 Å². The van der Waals surface area contributed by atoms with Crippen LogP contribution in [0.3, 0.4) is 0 Å². The van der Waals surface area contributed by atoms with Crippen LogP contribution >= 0.6 is 11.6 Å². The summed E-state index contributed by atoms with van der Waals surface area (Å²) in [7, 11) is 3.59. The average Bonchev–Trinajstić information content (AvgIpc) is 2.38. The first-order valence-electron chi connectivity index (χ1n) is 6.07. The summed E-state index contributed by atoms with van der Waals surface area (Å²) in [4.78, 5) is 15.4. The molecule has 0 heterocycles. The largest absolute Gasteiger partial charge is 0.344 e. The summed E-state index contributed by atoms with van der Waals surface area (Å²) in [6.07, 6.45) is 0.358. The number of nitriles is 1. The number of hydrogen-bond acceptors (Lipinski definition) is 3. The highest BCUT2D eigenvalue weighted by Crippen LogP contribution is 2.16. The van der Waals surface area contributed by atoms with Crippen molar-refractivity contribution in [1.82, 2.24) is 9.80 Å². The van der Waals surface area contributed by atoms with E-state index in [0.29, 0.717) is 31.1 Å². The van der Waals surface area contributed by atoms with Crippen molar-refractivity contribution in [3.63, 3.8) is 0 Å². The van der Waals surface area contributed by atoms with Crippen LogP contribution in [0.2, 0.25) is 5.02 Å². The number of amides is 1. The number of halogens is 1. The topological polar surface area (TPSA) is 47.3 Å². The van der Waals surface area contributed by atoms with Gasteiger partial charge in [0.1, 0.15) is 0 Å². The normalized spacial score (nSPS) is 10.3. The Hall–Kier alpha value is -1.57. The van der Waals surface area contributed by atoms with Crippen molar-refractivity contribution < 1.29 is 4.79 Å². The van der Waals surface area contributed by atoms with E-state index in [2.05, 4.69) is 0 Å². The fraction of sp³-hybridized carbons (Fsp3) is 0.429. The van der Waals surface area contributed by atoms with Crippen molar-refractivity contribution in [3.8, 4) is 6.07 Å². The second-order valence-corrected chi connectivity index (χ2v) is 4.89. The zero-order valence-electron chi connectivity index (χ0n) is 11.3. The molecule has 1 aromatic carbocycles. The van der Waals surface area contributed by atoms with Crippen molar-refractivity contribution in [3.05, 3.63) is 34.9 Å². The van der Waals surface area contributed by atoms with Gasteiger partial charge in [-0.2, -0.15) is 5.26 Å². The van der Waals surface area contributed by atoms with Crippen molar-refractivity contribution in [2.45, 2.75) is 13.0 Å². The van der Waals surface area contributed by atoms with Crippen molar-refractivity contribution in [2.24, 2.45) is 0 Å². The van der Waals surface area contributed by atoms with Gasteiger partial charge in [-0.25, -0.2) is 0 Å². The molecule has 1 amide bonds. The molecule has 4 nitrogen and oxygen atoms in total. The van der Waals surface area contributed by atoms with Gasteiger partial charge in [0.2, 0.25) is 5.91 Å². The highest BCUT2D eigenvalue weighted by Gasteiger charge is 2.12. The van der Waals surface area contributed by atoms with Gasteiger partial charge >= 0.3 is 0 Å². The molecule has 0 fully saturated rings. The van der Waals surface area contributed by atoms with Gasteiger partial charge in [-0.3, -0.25) is 9.69 Å². The van der Waals surface area contributed by atoms with Crippen LogP contribution in [-0.4, -0.2) is 42.9 Å². The Bertz CT molecular complexity index is 470. The van der Waals surface area contributed by atoms with E-state index in [1.807, 2.05) is 42.3 Å². The van der Waals surface area contributed by atoms with Gasteiger partial charge in [-0.15, -0.1) is 0 Å². The number of benzene rings is 1. The molecule has 0 aliphatic rings. The summed E-state index contributed by atoms with van der Waals surface area (Å²) in [5.41, 5.74) is 0.999. The lowest BCUT2D eigenvalue weighted by atomic mass is 10.2. The molecular formula is C14H18ClN3O. The number of rotatable bonds is 6. The minimum atomic E-state index is 0.00445. The first-order chi connectivity index (χ1) is 9.04. The van der Waals surface area contributed by atoms with Crippen LogP contribution in [0.4, 0.5) is 0 Å². The lowest BCUT2D eigenvalue weighted by molar-refractivity contribution is -0.130. The van der Waals surface area contributed by atoms with Gasteiger partial charge in [0.15, 0.2) is 0 Å². The van der Waals surface area contributed by atoms with Crippen LogP contribution < -0.4 is 0 Å². The van der Waals surface area contributed by atoms with E-state index in [0.717, 1.165) is 5.56 Å². The number of carbonyl (C=O) groups is 1. The molecule has 19 heavy (non-hydrogen) atoms. The highest BCUT2D eigenvalue weighted by atomic mass is 35.5. The number of carbonyl (C=O) groups excluding carboxylic acids is 1. The van der Waals surface area contributed by atoms with Crippen LogP contribution in [-0.2, 0) is 11.3 Å². The Morgan fingerprint density at radius 3 is 2.68 bits per heavy atom. The molecule has 1 aromatic rings. The minimum Gasteiger partial charge on any atom is -0.344 e. The fourth-order valence-electron chi connectivity index (χ4n) is 1.67. The predicted molar refractivity (Wildman–Crippen MR) is 75.7 cm³/mol. The van der Waals surface area contributed by atoms with E-state index in [1.165, 1.54) is 0 Å². The van der Waals surface area contributed by atoms with Gasteiger partial charge in [-0.1, -0.05) is 29.8 Å². The van der Waals surface area contributed by atoms with Crippen molar-refractivity contribution in [2.75, 3.05) is 27.2 Å². The third-order valence-electron chi connectivity index (χ3n) is 2.79. The van der Waals surface area contributed by atoms with E-state index in [1.54, 1.807) is 11.9 Å². The van der Waals surface area contributed by atoms with Crippen LogP contribution in [0.15, 0.2) is 24.3 Å².